The number of rotatable bonds is 5. The summed E-state index contributed by atoms with van der Waals surface area (Å²) in [5.74, 6) is 0. The minimum atomic E-state index is -3.16. The molecular formula is C15H21N3O2S. The number of benzene rings is 1. The second-order valence-electron chi connectivity index (χ2n) is 5.51. The summed E-state index contributed by atoms with van der Waals surface area (Å²) in [5.41, 5.74) is 1.70. The SMILES string of the molecule is CS(=O)(=O)NC[C@@H]1CCCCN1Cc1ccccc1C#N. The Labute approximate surface area is 126 Å². The van der Waals surface area contributed by atoms with Crippen LogP contribution in [0.1, 0.15) is 30.4 Å². The van der Waals surface area contributed by atoms with E-state index in [2.05, 4.69) is 15.7 Å². The Balaban J connectivity index is 2.07. The largest absolute Gasteiger partial charge is 0.295 e. The molecule has 5 nitrogen and oxygen atoms in total. The van der Waals surface area contributed by atoms with E-state index < -0.39 is 10.0 Å². The first-order chi connectivity index (χ1) is 9.99. The highest BCUT2D eigenvalue weighted by atomic mass is 32.2. The molecule has 0 aliphatic carbocycles. The molecule has 1 atom stereocenters. The monoisotopic (exact) mass is 307 g/mol. The van der Waals surface area contributed by atoms with Crippen molar-refractivity contribution < 1.29 is 8.42 Å². The highest BCUT2D eigenvalue weighted by Crippen LogP contribution is 2.20. The van der Waals surface area contributed by atoms with Gasteiger partial charge < -0.3 is 0 Å². The summed E-state index contributed by atoms with van der Waals surface area (Å²) >= 11 is 0. The molecule has 1 fully saturated rings. The smallest absolute Gasteiger partial charge is 0.208 e. The molecule has 0 spiro atoms. The van der Waals surface area contributed by atoms with E-state index in [1.54, 1.807) is 0 Å². The molecule has 0 saturated carbocycles. The fourth-order valence-electron chi connectivity index (χ4n) is 2.73. The lowest BCUT2D eigenvalue weighted by Gasteiger charge is -2.35. The van der Waals surface area contributed by atoms with Crippen LogP contribution < -0.4 is 4.72 Å². The Bertz CT molecular complexity index is 622. The number of nitriles is 1. The topological polar surface area (TPSA) is 73.2 Å². The quantitative estimate of drug-likeness (QED) is 0.894. The van der Waals surface area contributed by atoms with Crippen molar-refractivity contribution in [3.8, 4) is 6.07 Å². The zero-order chi connectivity index (χ0) is 15.3. The summed E-state index contributed by atoms with van der Waals surface area (Å²) in [7, 11) is -3.16. The molecule has 1 heterocycles. The highest BCUT2D eigenvalue weighted by molar-refractivity contribution is 7.88. The molecule has 0 aromatic heterocycles. The first-order valence-corrected chi connectivity index (χ1v) is 9.05. The third kappa shape index (κ3) is 4.81. The van der Waals surface area contributed by atoms with Gasteiger partial charge in [-0.05, 0) is 31.0 Å². The zero-order valence-electron chi connectivity index (χ0n) is 12.2. The van der Waals surface area contributed by atoms with Crippen LogP contribution in [-0.4, -0.2) is 38.7 Å². The summed E-state index contributed by atoms with van der Waals surface area (Å²) in [6.45, 7) is 2.07. The maximum Gasteiger partial charge on any atom is 0.208 e. The van der Waals surface area contributed by atoms with E-state index in [0.29, 0.717) is 18.7 Å². The van der Waals surface area contributed by atoms with Crippen molar-refractivity contribution >= 4 is 10.0 Å². The molecule has 1 aliphatic rings. The second kappa shape index (κ2) is 7.03. The first kappa shape index (κ1) is 16.0. The third-order valence-corrected chi connectivity index (χ3v) is 4.53. The zero-order valence-corrected chi connectivity index (χ0v) is 13.1. The number of sulfonamides is 1. The van der Waals surface area contributed by atoms with Crippen molar-refractivity contribution in [3.63, 3.8) is 0 Å². The lowest BCUT2D eigenvalue weighted by atomic mass is 10.00. The Morgan fingerprint density at radius 1 is 1.38 bits per heavy atom. The van der Waals surface area contributed by atoms with Crippen molar-refractivity contribution in [2.24, 2.45) is 0 Å². The standard InChI is InChI=1S/C15H21N3O2S/c1-21(19,20)17-11-15-8-4-5-9-18(15)12-14-7-3-2-6-13(14)10-16/h2-3,6-7,15,17H,4-5,8-9,11-12H2,1H3/t15-/m0/s1. The van der Waals surface area contributed by atoms with Crippen molar-refractivity contribution in [2.45, 2.75) is 31.8 Å². The minimum absolute atomic E-state index is 0.195. The van der Waals surface area contributed by atoms with Gasteiger partial charge in [0.25, 0.3) is 0 Å². The Kier molecular flexibility index (Phi) is 5.34. The molecule has 1 aliphatic heterocycles. The van der Waals surface area contributed by atoms with Crippen molar-refractivity contribution in [2.75, 3.05) is 19.3 Å². The second-order valence-corrected chi connectivity index (χ2v) is 7.34. The van der Waals surface area contributed by atoms with Crippen LogP contribution in [0.4, 0.5) is 0 Å². The fourth-order valence-corrected chi connectivity index (χ4v) is 3.23. The van der Waals surface area contributed by atoms with Crippen LogP contribution in [0.3, 0.4) is 0 Å². The molecule has 21 heavy (non-hydrogen) atoms. The maximum atomic E-state index is 11.3. The van der Waals surface area contributed by atoms with Gasteiger partial charge in [-0.25, -0.2) is 13.1 Å². The van der Waals surface area contributed by atoms with Gasteiger partial charge in [-0.1, -0.05) is 24.6 Å². The molecule has 6 heteroatoms. The average molecular weight is 307 g/mol. The van der Waals surface area contributed by atoms with Crippen LogP contribution in [-0.2, 0) is 16.6 Å². The molecule has 1 aromatic rings. The van der Waals surface area contributed by atoms with Gasteiger partial charge >= 0.3 is 0 Å². The number of likely N-dealkylation sites (tertiary alicyclic amines) is 1. The lowest BCUT2D eigenvalue weighted by Crippen LogP contribution is -2.46. The van der Waals surface area contributed by atoms with Gasteiger partial charge in [0.2, 0.25) is 10.0 Å². The highest BCUT2D eigenvalue weighted by Gasteiger charge is 2.23. The first-order valence-electron chi connectivity index (χ1n) is 7.16. The molecule has 1 saturated heterocycles. The van der Waals surface area contributed by atoms with Gasteiger partial charge in [-0.3, -0.25) is 4.90 Å². The van der Waals surface area contributed by atoms with E-state index in [1.807, 2.05) is 24.3 Å². The molecule has 0 unspecified atom stereocenters. The number of nitrogens with one attached hydrogen (secondary N) is 1. The number of piperidine rings is 1. The molecule has 0 bridgehead atoms. The Hall–Kier alpha value is -1.42. The molecule has 1 N–H and O–H groups in total. The van der Waals surface area contributed by atoms with Gasteiger partial charge in [-0.2, -0.15) is 5.26 Å². The normalized spacial score (nSPS) is 20.1. The van der Waals surface area contributed by atoms with Gasteiger partial charge in [0.15, 0.2) is 0 Å². The van der Waals surface area contributed by atoms with Crippen molar-refractivity contribution in [1.29, 1.82) is 5.26 Å². The van der Waals surface area contributed by atoms with E-state index in [-0.39, 0.29) is 6.04 Å². The summed E-state index contributed by atoms with van der Waals surface area (Å²) in [6, 6.07) is 10.00. The minimum Gasteiger partial charge on any atom is -0.295 e. The van der Waals surface area contributed by atoms with Gasteiger partial charge in [0.1, 0.15) is 0 Å². The van der Waals surface area contributed by atoms with Crippen LogP contribution >= 0.6 is 0 Å². The summed E-state index contributed by atoms with van der Waals surface area (Å²) in [5, 5.41) is 9.16. The summed E-state index contributed by atoms with van der Waals surface area (Å²) < 4.78 is 25.1. The number of nitrogens with zero attached hydrogens (tertiary/aromatic N) is 2. The molecular weight excluding hydrogens is 286 g/mol. The predicted molar refractivity (Wildman–Crippen MR) is 82.1 cm³/mol. The van der Waals surface area contributed by atoms with Crippen LogP contribution in [0.15, 0.2) is 24.3 Å². The van der Waals surface area contributed by atoms with Crippen LogP contribution in [0.25, 0.3) is 0 Å². The lowest BCUT2D eigenvalue weighted by molar-refractivity contribution is 0.142. The van der Waals surface area contributed by atoms with Crippen molar-refractivity contribution in [3.05, 3.63) is 35.4 Å². The Morgan fingerprint density at radius 3 is 2.86 bits per heavy atom. The van der Waals surface area contributed by atoms with Gasteiger partial charge in [0, 0.05) is 19.1 Å². The van der Waals surface area contributed by atoms with Crippen LogP contribution in [0.2, 0.25) is 0 Å². The molecule has 114 valence electrons. The van der Waals surface area contributed by atoms with Crippen LogP contribution in [0, 0.1) is 11.3 Å². The molecule has 0 amide bonds. The summed E-state index contributed by atoms with van der Waals surface area (Å²) in [4.78, 5) is 2.28. The maximum absolute atomic E-state index is 11.3. The molecule has 2 rings (SSSR count). The predicted octanol–water partition coefficient (Wildman–Crippen LogP) is 1.46. The van der Waals surface area contributed by atoms with Crippen LogP contribution in [0.5, 0.6) is 0 Å². The number of hydrogen-bond donors (Lipinski definition) is 1. The Morgan fingerprint density at radius 2 is 2.14 bits per heavy atom. The van der Waals surface area contributed by atoms with Gasteiger partial charge in [0.05, 0.1) is 17.9 Å². The summed E-state index contributed by atoms with van der Waals surface area (Å²) in [6.07, 6.45) is 4.40. The van der Waals surface area contributed by atoms with E-state index >= 15 is 0 Å². The molecule has 1 aromatic carbocycles. The number of hydrogen-bond acceptors (Lipinski definition) is 4. The van der Waals surface area contributed by atoms with Crippen molar-refractivity contribution in [1.82, 2.24) is 9.62 Å². The average Bonchev–Trinajstić information content (AvgIpc) is 2.46. The van der Waals surface area contributed by atoms with E-state index in [9.17, 15) is 8.42 Å². The molecule has 0 radical (unpaired) electrons. The third-order valence-electron chi connectivity index (χ3n) is 3.84. The fraction of sp³-hybridized carbons (Fsp3) is 0.533. The van der Waals surface area contributed by atoms with E-state index in [4.69, 9.17) is 5.26 Å². The van der Waals surface area contributed by atoms with E-state index in [1.165, 1.54) is 6.26 Å². The van der Waals surface area contributed by atoms with Gasteiger partial charge in [-0.15, -0.1) is 0 Å². The van der Waals surface area contributed by atoms with E-state index in [0.717, 1.165) is 31.4 Å².